The van der Waals surface area contributed by atoms with Gasteiger partial charge in [-0.15, -0.1) is 12.4 Å². The quantitative estimate of drug-likeness (QED) is 0.841. The number of halogens is 1. The third-order valence-corrected chi connectivity index (χ3v) is 3.71. The molecule has 0 spiro atoms. The number of carbonyl (C=O) groups is 1. The molecule has 1 aliphatic rings. The van der Waals surface area contributed by atoms with E-state index in [1.165, 1.54) is 7.11 Å². The number of methoxy groups -OCH3 is 1. The zero-order chi connectivity index (χ0) is 14.6. The van der Waals surface area contributed by atoms with Crippen molar-refractivity contribution in [2.75, 3.05) is 13.7 Å². The molecule has 3 N–H and O–H groups in total. The molecule has 0 aromatic carbocycles. The van der Waals surface area contributed by atoms with Gasteiger partial charge < -0.3 is 20.3 Å². The number of carbonyl (C=O) groups excluding carboxylic acids is 1. The fourth-order valence-corrected chi connectivity index (χ4v) is 2.64. The van der Waals surface area contributed by atoms with Gasteiger partial charge in [0.1, 0.15) is 11.6 Å². The molecule has 0 bridgehead atoms. The highest BCUT2D eigenvalue weighted by Crippen LogP contribution is 2.35. The van der Waals surface area contributed by atoms with Crippen LogP contribution in [-0.4, -0.2) is 35.8 Å². The van der Waals surface area contributed by atoms with E-state index in [0.29, 0.717) is 11.7 Å². The Kier molecular flexibility index (Phi) is 6.57. The van der Waals surface area contributed by atoms with E-state index in [2.05, 4.69) is 15.5 Å². The van der Waals surface area contributed by atoms with Crippen LogP contribution in [0.25, 0.3) is 0 Å². The predicted molar refractivity (Wildman–Crippen MR) is 79.0 cm³/mol. The lowest BCUT2D eigenvalue weighted by Gasteiger charge is -2.36. The maximum atomic E-state index is 12.2. The van der Waals surface area contributed by atoms with Crippen molar-refractivity contribution in [2.45, 2.75) is 50.6 Å². The Morgan fingerprint density at radius 2 is 2.14 bits per heavy atom. The van der Waals surface area contributed by atoms with Gasteiger partial charge in [0.05, 0.1) is 6.61 Å². The number of nitrogens with two attached hydrogens (primary N) is 1. The third kappa shape index (κ3) is 4.15. The van der Waals surface area contributed by atoms with Gasteiger partial charge in [0.25, 0.3) is 0 Å². The van der Waals surface area contributed by atoms with E-state index >= 15 is 0 Å². The average Bonchev–Trinajstić information content (AvgIpc) is 2.87. The Morgan fingerprint density at radius 1 is 1.48 bits per heavy atom. The Morgan fingerprint density at radius 3 is 2.67 bits per heavy atom. The second-order valence-corrected chi connectivity index (χ2v) is 5.33. The zero-order valence-electron chi connectivity index (χ0n) is 12.4. The molecule has 1 saturated carbocycles. The lowest BCUT2D eigenvalue weighted by atomic mass is 9.80. The van der Waals surface area contributed by atoms with E-state index < -0.39 is 11.6 Å². The number of amides is 1. The number of aromatic nitrogens is 2. The first-order valence-electron chi connectivity index (χ1n) is 6.95. The van der Waals surface area contributed by atoms with Crippen LogP contribution in [0.4, 0.5) is 0 Å². The van der Waals surface area contributed by atoms with Crippen molar-refractivity contribution in [3.63, 3.8) is 0 Å². The average molecular weight is 319 g/mol. The van der Waals surface area contributed by atoms with Gasteiger partial charge in [0.2, 0.25) is 11.8 Å². The molecule has 1 amide bonds. The molecular weight excluding hydrogens is 296 g/mol. The summed E-state index contributed by atoms with van der Waals surface area (Å²) in [7, 11) is 1.52. The summed E-state index contributed by atoms with van der Waals surface area (Å²) in [5.41, 5.74) is 5.23. The molecular formula is C13H23ClN4O3. The number of nitrogens with one attached hydrogen (secondary N) is 1. The largest absolute Gasteiger partial charge is 0.383 e. The fraction of sp³-hybridized carbons (Fsp3) is 0.769. The van der Waals surface area contributed by atoms with Gasteiger partial charge >= 0.3 is 0 Å². The number of ether oxygens (including phenoxy) is 1. The van der Waals surface area contributed by atoms with Gasteiger partial charge in [-0.25, -0.2) is 0 Å². The second kappa shape index (κ2) is 7.72. The molecule has 1 atom stereocenters. The van der Waals surface area contributed by atoms with Crippen LogP contribution in [0.2, 0.25) is 0 Å². The predicted octanol–water partition coefficient (Wildman–Crippen LogP) is 1.05. The van der Waals surface area contributed by atoms with Crippen molar-refractivity contribution in [3.05, 3.63) is 11.7 Å². The SMILES string of the molecule is COCC(N)C(=O)NC1(c2noc(C)n2)CCCCC1.Cl. The zero-order valence-corrected chi connectivity index (χ0v) is 13.2. The van der Waals surface area contributed by atoms with E-state index in [1.807, 2.05) is 0 Å². The van der Waals surface area contributed by atoms with Gasteiger partial charge in [0.15, 0.2) is 5.82 Å². The van der Waals surface area contributed by atoms with Gasteiger partial charge in [0, 0.05) is 14.0 Å². The van der Waals surface area contributed by atoms with Crippen LogP contribution in [0, 0.1) is 6.92 Å². The Labute approximate surface area is 130 Å². The van der Waals surface area contributed by atoms with Crippen molar-refractivity contribution in [1.29, 1.82) is 0 Å². The van der Waals surface area contributed by atoms with Crippen LogP contribution < -0.4 is 11.1 Å². The number of aryl methyl sites for hydroxylation is 1. The summed E-state index contributed by atoms with van der Waals surface area (Å²) >= 11 is 0. The summed E-state index contributed by atoms with van der Waals surface area (Å²) in [6.45, 7) is 1.93. The van der Waals surface area contributed by atoms with Crippen LogP contribution in [0.5, 0.6) is 0 Å². The van der Waals surface area contributed by atoms with Crippen LogP contribution in [-0.2, 0) is 15.1 Å². The van der Waals surface area contributed by atoms with Gasteiger partial charge in [-0.1, -0.05) is 24.4 Å². The summed E-state index contributed by atoms with van der Waals surface area (Å²) < 4.78 is 9.99. The first-order chi connectivity index (χ1) is 9.57. The van der Waals surface area contributed by atoms with E-state index in [0.717, 1.165) is 32.1 Å². The standard InChI is InChI=1S/C13H22N4O3.ClH/c1-9-15-12(17-20-9)13(6-4-3-5-7-13)16-11(18)10(14)8-19-2;/h10H,3-8,14H2,1-2H3,(H,16,18);1H. The summed E-state index contributed by atoms with van der Waals surface area (Å²) in [5, 5.41) is 7.01. The van der Waals surface area contributed by atoms with Crippen molar-refractivity contribution in [2.24, 2.45) is 5.73 Å². The minimum atomic E-state index is -0.688. The molecule has 1 heterocycles. The first-order valence-corrected chi connectivity index (χ1v) is 6.95. The Hall–Kier alpha value is -1.18. The highest BCUT2D eigenvalue weighted by molar-refractivity contribution is 5.85. The van der Waals surface area contributed by atoms with E-state index in [9.17, 15) is 4.79 Å². The third-order valence-electron chi connectivity index (χ3n) is 3.71. The fourth-order valence-electron chi connectivity index (χ4n) is 2.64. The summed E-state index contributed by atoms with van der Waals surface area (Å²) in [4.78, 5) is 16.5. The molecule has 7 nitrogen and oxygen atoms in total. The molecule has 1 aromatic heterocycles. The first kappa shape index (κ1) is 17.9. The van der Waals surface area contributed by atoms with Crippen molar-refractivity contribution < 1.29 is 14.1 Å². The highest BCUT2D eigenvalue weighted by Gasteiger charge is 2.40. The molecule has 0 saturated heterocycles. The summed E-state index contributed by atoms with van der Waals surface area (Å²) in [5.74, 6) is 0.809. The maximum absolute atomic E-state index is 12.2. The Bertz CT molecular complexity index is 460. The molecule has 1 fully saturated rings. The number of hydrogen-bond donors (Lipinski definition) is 2. The monoisotopic (exact) mass is 318 g/mol. The number of nitrogens with zero attached hydrogens (tertiary/aromatic N) is 2. The molecule has 0 radical (unpaired) electrons. The lowest BCUT2D eigenvalue weighted by molar-refractivity contribution is -0.126. The normalized spacial score (nSPS) is 18.6. The summed E-state index contributed by atoms with van der Waals surface area (Å²) in [6, 6.07) is -0.688. The van der Waals surface area contributed by atoms with Crippen LogP contribution in [0.1, 0.15) is 43.8 Å². The smallest absolute Gasteiger partial charge is 0.240 e. The molecule has 1 unspecified atom stereocenters. The molecule has 1 aliphatic carbocycles. The number of rotatable bonds is 5. The lowest BCUT2D eigenvalue weighted by Crippen LogP contribution is -2.54. The molecule has 8 heteroatoms. The molecule has 120 valence electrons. The van der Waals surface area contributed by atoms with Crippen molar-refractivity contribution in [3.8, 4) is 0 Å². The second-order valence-electron chi connectivity index (χ2n) is 5.33. The van der Waals surface area contributed by atoms with E-state index in [4.69, 9.17) is 15.0 Å². The van der Waals surface area contributed by atoms with Gasteiger partial charge in [-0.05, 0) is 12.8 Å². The minimum Gasteiger partial charge on any atom is -0.383 e. The van der Waals surface area contributed by atoms with Crippen LogP contribution >= 0.6 is 12.4 Å². The molecule has 21 heavy (non-hydrogen) atoms. The summed E-state index contributed by atoms with van der Waals surface area (Å²) in [6.07, 6.45) is 4.80. The van der Waals surface area contributed by atoms with Crippen LogP contribution in [0.3, 0.4) is 0 Å². The molecule has 0 aliphatic heterocycles. The van der Waals surface area contributed by atoms with E-state index in [1.54, 1.807) is 6.92 Å². The van der Waals surface area contributed by atoms with Crippen molar-refractivity contribution in [1.82, 2.24) is 15.5 Å². The van der Waals surface area contributed by atoms with Gasteiger partial charge in [-0.3, -0.25) is 4.79 Å². The Balaban J connectivity index is 0.00000220. The van der Waals surface area contributed by atoms with Crippen LogP contribution in [0.15, 0.2) is 4.52 Å². The molecule has 1 aromatic rings. The van der Waals surface area contributed by atoms with Crippen molar-refractivity contribution >= 4 is 18.3 Å². The van der Waals surface area contributed by atoms with Gasteiger partial charge in [-0.2, -0.15) is 4.98 Å². The number of hydrogen-bond acceptors (Lipinski definition) is 6. The van der Waals surface area contributed by atoms with E-state index in [-0.39, 0.29) is 24.9 Å². The topological polar surface area (TPSA) is 103 Å². The maximum Gasteiger partial charge on any atom is 0.240 e. The molecule has 2 rings (SSSR count). The minimum absolute atomic E-state index is 0. The highest BCUT2D eigenvalue weighted by atomic mass is 35.5.